The Morgan fingerprint density at radius 3 is 2.87 bits per heavy atom. The number of hydrogen-bond donors (Lipinski definition) is 1. The molecule has 1 heterocycles. The van der Waals surface area contributed by atoms with Gasteiger partial charge in [0.05, 0.1) is 13.2 Å². The summed E-state index contributed by atoms with van der Waals surface area (Å²) in [6.07, 6.45) is 4.16. The predicted octanol–water partition coefficient (Wildman–Crippen LogP) is 1.10. The lowest BCUT2D eigenvalue weighted by Gasteiger charge is -2.27. The van der Waals surface area contributed by atoms with Gasteiger partial charge in [-0.2, -0.15) is 0 Å². The van der Waals surface area contributed by atoms with Crippen LogP contribution in [0, 0.1) is 5.92 Å². The van der Waals surface area contributed by atoms with Gasteiger partial charge < -0.3 is 15.0 Å². The first-order valence-electron chi connectivity index (χ1n) is 6.42. The van der Waals surface area contributed by atoms with Gasteiger partial charge in [-0.3, -0.25) is 0 Å². The summed E-state index contributed by atoms with van der Waals surface area (Å²) in [5.74, 6) is 1.01. The zero-order chi connectivity index (χ0) is 10.5. The van der Waals surface area contributed by atoms with E-state index in [-0.39, 0.29) is 0 Å². The van der Waals surface area contributed by atoms with Crippen LogP contribution in [-0.4, -0.2) is 50.3 Å². The minimum Gasteiger partial charge on any atom is -0.379 e. The molecule has 3 nitrogen and oxygen atoms in total. The molecular weight excluding hydrogens is 188 g/mol. The summed E-state index contributed by atoms with van der Waals surface area (Å²) < 4.78 is 5.46. The van der Waals surface area contributed by atoms with E-state index in [2.05, 4.69) is 17.1 Å². The van der Waals surface area contributed by atoms with Crippen LogP contribution in [0.15, 0.2) is 0 Å². The van der Waals surface area contributed by atoms with E-state index in [1.807, 2.05) is 0 Å². The lowest BCUT2D eigenvalue weighted by atomic mass is 10.2. The summed E-state index contributed by atoms with van der Waals surface area (Å²) in [5, 5.41) is 3.52. The van der Waals surface area contributed by atoms with E-state index < -0.39 is 0 Å². The highest BCUT2D eigenvalue weighted by molar-refractivity contribution is 4.78. The highest BCUT2D eigenvalue weighted by Crippen LogP contribution is 2.29. The Bertz CT molecular complexity index is 176. The fourth-order valence-corrected chi connectivity index (χ4v) is 2.19. The molecule has 15 heavy (non-hydrogen) atoms. The Morgan fingerprint density at radius 2 is 2.27 bits per heavy atom. The molecule has 0 aromatic carbocycles. The van der Waals surface area contributed by atoms with Gasteiger partial charge in [-0.05, 0) is 38.3 Å². The van der Waals surface area contributed by atoms with E-state index in [1.165, 1.54) is 38.9 Å². The van der Waals surface area contributed by atoms with E-state index in [4.69, 9.17) is 4.74 Å². The Kier molecular flexibility index (Phi) is 4.42. The van der Waals surface area contributed by atoms with E-state index in [0.717, 1.165) is 25.7 Å². The van der Waals surface area contributed by atoms with E-state index in [9.17, 15) is 0 Å². The molecule has 2 fully saturated rings. The quantitative estimate of drug-likeness (QED) is 0.713. The molecule has 2 rings (SSSR count). The molecule has 0 amide bonds. The Balaban J connectivity index is 1.60. The molecule has 1 atom stereocenters. The number of rotatable bonds is 6. The molecule has 3 heteroatoms. The van der Waals surface area contributed by atoms with Crippen LogP contribution in [0.25, 0.3) is 0 Å². The van der Waals surface area contributed by atoms with Crippen molar-refractivity contribution in [3.05, 3.63) is 0 Å². The van der Waals surface area contributed by atoms with Crippen molar-refractivity contribution in [3.8, 4) is 0 Å². The molecular formula is C12H24N2O. The van der Waals surface area contributed by atoms with Crippen LogP contribution in [0.5, 0.6) is 0 Å². The first kappa shape index (κ1) is 11.4. The first-order chi connectivity index (χ1) is 7.38. The summed E-state index contributed by atoms with van der Waals surface area (Å²) in [6, 6.07) is 0.590. The van der Waals surface area contributed by atoms with Crippen molar-refractivity contribution < 1.29 is 4.74 Å². The zero-order valence-corrected chi connectivity index (χ0v) is 9.87. The highest BCUT2D eigenvalue weighted by atomic mass is 16.5. The van der Waals surface area contributed by atoms with E-state index >= 15 is 0 Å². The van der Waals surface area contributed by atoms with Crippen molar-refractivity contribution >= 4 is 0 Å². The summed E-state index contributed by atoms with van der Waals surface area (Å²) in [6.45, 7) is 8.84. The van der Waals surface area contributed by atoms with Crippen LogP contribution >= 0.6 is 0 Å². The molecule has 1 unspecified atom stereocenters. The summed E-state index contributed by atoms with van der Waals surface area (Å²) in [7, 11) is 0. The van der Waals surface area contributed by atoms with Gasteiger partial charge in [-0.1, -0.05) is 6.92 Å². The van der Waals surface area contributed by atoms with E-state index in [1.54, 1.807) is 0 Å². The van der Waals surface area contributed by atoms with Gasteiger partial charge in [0.25, 0.3) is 0 Å². The van der Waals surface area contributed by atoms with E-state index in [0.29, 0.717) is 6.04 Å². The van der Waals surface area contributed by atoms with Crippen LogP contribution in [0.4, 0.5) is 0 Å². The van der Waals surface area contributed by atoms with Crippen LogP contribution in [0.3, 0.4) is 0 Å². The molecule has 88 valence electrons. The molecule has 0 aromatic heterocycles. The molecule has 0 bridgehead atoms. The standard InChI is InChI=1S/C12H24N2O/c1-2-14(9-11-3-4-11)7-5-12-10-15-8-6-13-12/h11-13H,2-10H2,1H3. The van der Waals surface area contributed by atoms with Crippen molar-refractivity contribution in [3.63, 3.8) is 0 Å². The highest BCUT2D eigenvalue weighted by Gasteiger charge is 2.24. The van der Waals surface area contributed by atoms with Crippen molar-refractivity contribution in [1.82, 2.24) is 10.2 Å². The molecule has 2 aliphatic rings. The second-order valence-corrected chi connectivity index (χ2v) is 4.85. The average Bonchev–Trinajstić information content (AvgIpc) is 3.09. The number of hydrogen-bond acceptors (Lipinski definition) is 3. The van der Waals surface area contributed by atoms with Gasteiger partial charge >= 0.3 is 0 Å². The molecule has 0 spiro atoms. The maximum Gasteiger partial charge on any atom is 0.0620 e. The van der Waals surface area contributed by atoms with Crippen molar-refractivity contribution in [2.45, 2.75) is 32.2 Å². The number of nitrogens with zero attached hydrogens (tertiary/aromatic N) is 1. The van der Waals surface area contributed by atoms with Crippen LogP contribution in [0.1, 0.15) is 26.2 Å². The van der Waals surface area contributed by atoms with Crippen molar-refractivity contribution in [2.24, 2.45) is 5.92 Å². The molecule has 1 aliphatic carbocycles. The second kappa shape index (κ2) is 5.83. The van der Waals surface area contributed by atoms with Crippen LogP contribution < -0.4 is 5.32 Å². The van der Waals surface area contributed by atoms with Crippen LogP contribution in [-0.2, 0) is 4.74 Å². The number of morpholine rings is 1. The van der Waals surface area contributed by atoms with Crippen molar-refractivity contribution in [1.29, 1.82) is 0 Å². The predicted molar refractivity (Wildman–Crippen MR) is 62.1 cm³/mol. The topological polar surface area (TPSA) is 24.5 Å². The average molecular weight is 212 g/mol. The van der Waals surface area contributed by atoms with Crippen molar-refractivity contribution in [2.75, 3.05) is 39.4 Å². The summed E-state index contributed by atoms with van der Waals surface area (Å²) in [5.41, 5.74) is 0. The van der Waals surface area contributed by atoms with Gasteiger partial charge in [0.2, 0.25) is 0 Å². The summed E-state index contributed by atoms with van der Waals surface area (Å²) in [4.78, 5) is 2.59. The third kappa shape index (κ3) is 4.09. The Morgan fingerprint density at radius 1 is 1.40 bits per heavy atom. The number of ether oxygens (including phenoxy) is 1. The molecule has 0 aromatic rings. The minimum absolute atomic E-state index is 0.590. The largest absolute Gasteiger partial charge is 0.379 e. The fraction of sp³-hybridized carbons (Fsp3) is 1.00. The minimum atomic E-state index is 0.590. The fourth-order valence-electron chi connectivity index (χ4n) is 2.19. The second-order valence-electron chi connectivity index (χ2n) is 4.85. The molecule has 0 radical (unpaired) electrons. The SMILES string of the molecule is CCN(CCC1COCCN1)CC1CC1. The third-order valence-corrected chi connectivity index (χ3v) is 3.45. The van der Waals surface area contributed by atoms with Crippen LogP contribution in [0.2, 0.25) is 0 Å². The molecule has 1 saturated carbocycles. The van der Waals surface area contributed by atoms with Gasteiger partial charge in [0.15, 0.2) is 0 Å². The maximum atomic E-state index is 5.46. The van der Waals surface area contributed by atoms with Gasteiger partial charge in [-0.25, -0.2) is 0 Å². The molecule has 1 aliphatic heterocycles. The first-order valence-corrected chi connectivity index (χ1v) is 6.42. The van der Waals surface area contributed by atoms with Gasteiger partial charge in [0.1, 0.15) is 0 Å². The third-order valence-electron chi connectivity index (χ3n) is 3.45. The lowest BCUT2D eigenvalue weighted by Crippen LogP contribution is -2.43. The molecule has 1 N–H and O–H groups in total. The zero-order valence-electron chi connectivity index (χ0n) is 9.87. The normalized spacial score (nSPS) is 27.2. The smallest absolute Gasteiger partial charge is 0.0620 e. The van der Waals surface area contributed by atoms with Gasteiger partial charge in [-0.15, -0.1) is 0 Å². The Labute approximate surface area is 93.2 Å². The Hall–Kier alpha value is -0.120. The van der Waals surface area contributed by atoms with Gasteiger partial charge in [0, 0.05) is 19.1 Å². The lowest BCUT2D eigenvalue weighted by molar-refractivity contribution is 0.0699. The number of nitrogens with one attached hydrogen (secondary N) is 1. The maximum absolute atomic E-state index is 5.46. The summed E-state index contributed by atoms with van der Waals surface area (Å²) >= 11 is 0. The molecule has 1 saturated heterocycles. The monoisotopic (exact) mass is 212 g/mol.